The minimum atomic E-state index is -0.0955. The maximum absolute atomic E-state index is 13.1. The highest BCUT2D eigenvalue weighted by molar-refractivity contribution is 8.14. The molecule has 1 fully saturated rings. The normalized spacial score (nSPS) is 17.8. The molecule has 3 rings (SSSR count). The SMILES string of the molecule is CC[C@H]1CSC(=Nc2ccc(Cl)cc2)N1C(=O)COc1cc(C)c(Cl)cc1C(C)C. The van der Waals surface area contributed by atoms with Gasteiger partial charge in [-0.25, -0.2) is 4.99 Å². The Morgan fingerprint density at radius 3 is 2.60 bits per heavy atom. The van der Waals surface area contributed by atoms with E-state index in [1.807, 2.05) is 31.2 Å². The quantitative estimate of drug-likeness (QED) is 0.469. The second kappa shape index (κ2) is 10.1. The van der Waals surface area contributed by atoms with Crippen LogP contribution in [0, 0.1) is 6.92 Å². The van der Waals surface area contributed by atoms with Crippen LogP contribution in [0.15, 0.2) is 41.4 Å². The first kappa shape index (κ1) is 23.0. The number of benzene rings is 2. The number of nitrogens with zero attached hydrogens (tertiary/aromatic N) is 2. The van der Waals surface area contributed by atoms with Crippen molar-refractivity contribution in [1.82, 2.24) is 4.90 Å². The van der Waals surface area contributed by atoms with Gasteiger partial charge in [0.25, 0.3) is 5.91 Å². The average Bonchev–Trinajstić information content (AvgIpc) is 3.12. The summed E-state index contributed by atoms with van der Waals surface area (Å²) in [5.41, 5.74) is 2.70. The van der Waals surface area contributed by atoms with Gasteiger partial charge in [0.05, 0.1) is 5.69 Å². The third-order valence-electron chi connectivity index (χ3n) is 5.03. The number of hydrogen-bond donors (Lipinski definition) is 0. The van der Waals surface area contributed by atoms with Gasteiger partial charge in [0, 0.05) is 21.8 Å². The third-order valence-corrected chi connectivity index (χ3v) is 6.79. The van der Waals surface area contributed by atoms with Crippen molar-refractivity contribution in [2.24, 2.45) is 4.99 Å². The zero-order valence-electron chi connectivity index (χ0n) is 17.6. The molecule has 1 aliphatic heterocycles. The molecule has 1 aliphatic rings. The lowest BCUT2D eigenvalue weighted by atomic mass is 10.0. The first-order chi connectivity index (χ1) is 14.3. The van der Waals surface area contributed by atoms with Gasteiger partial charge in [0.1, 0.15) is 5.75 Å². The van der Waals surface area contributed by atoms with E-state index in [1.54, 1.807) is 28.8 Å². The van der Waals surface area contributed by atoms with Gasteiger partial charge in [-0.2, -0.15) is 0 Å². The van der Waals surface area contributed by atoms with E-state index in [0.29, 0.717) is 21.0 Å². The van der Waals surface area contributed by atoms with E-state index in [9.17, 15) is 4.79 Å². The predicted octanol–water partition coefficient (Wildman–Crippen LogP) is 6.85. The largest absolute Gasteiger partial charge is 0.483 e. The highest BCUT2D eigenvalue weighted by Gasteiger charge is 2.34. The molecule has 1 atom stereocenters. The lowest BCUT2D eigenvalue weighted by molar-refractivity contribution is -0.130. The number of ether oxygens (including phenoxy) is 1. The maximum Gasteiger partial charge on any atom is 0.266 e. The second-order valence-electron chi connectivity index (χ2n) is 7.59. The summed E-state index contributed by atoms with van der Waals surface area (Å²) in [6.07, 6.45) is 0.857. The predicted molar refractivity (Wildman–Crippen MR) is 128 cm³/mol. The van der Waals surface area contributed by atoms with Crippen molar-refractivity contribution < 1.29 is 9.53 Å². The molecule has 160 valence electrons. The highest BCUT2D eigenvalue weighted by atomic mass is 35.5. The first-order valence-electron chi connectivity index (χ1n) is 10.0. The fraction of sp³-hybridized carbons (Fsp3) is 0.391. The van der Waals surface area contributed by atoms with Crippen LogP contribution in [-0.2, 0) is 4.79 Å². The van der Waals surface area contributed by atoms with E-state index in [2.05, 4.69) is 25.8 Å². The topological polar surface area (TPSA) is 41.9 Å². The summed E-state index contributed by atoms with van der Waals surface area (Å²) >= 11 is 13.8. The van der Waals surface area contributed by atoms with Crippen molar-refractivity contribution in [3.63, 3.8) is 0 Å². The number of rotatable bonds is 6. The van der Waals surface area contributed by atoms with Crippen molar-refractivity contribution in [1.29, 1.82) is 0 Å². The highest BCUT2D eigenvalue weighted by Crippen LogP contribution is 2.33. The van der Waals surface area contributed by atoms with Crippen LogP contribution in [-0.4, -0.2) is 34.4 Å². The van der Waals surface area contributed by atoms with E-state index in [4.69, 9.17) is 27.9 Å². The fourth-order valence-corrected chi connectivity index (χ4v) is 4.83. The summed E-state index contributed by atoms with van der Waals surface area (Å²) in [6.45, 7) is 8.13. The Morgan fingerprint density at radius 1 is 1.27 bits per heavy atom. The average molecular weight is 465 g/mol. The zero-order valence-corrected chi connectivity index (χ0v) is 19.9. The molecule has 4 nitrogen and oxygen atoms in total. The van der Waals surface area contributed by atoms with E-state index >= 15 is 0 Å². The van der Waals surface area contributed by atoms with Crippen LogP contribution in [0.2, 0.25) is 10.0 Å². The monoisotopic (exact) mass is 464 g/mol. The Balaban J connectivity index is 1.80. The van der Waals surface area contributed by atoms with Gasteiger partial charge in [-0.05, 0) is 66.8 Å². The van der Waals surface area contributed by atoms with Gasteiger partial charge in [-0.15, -0.1) is 0 Å². The number of aliphatic imine (C=N–C) groups is 1. The molecule has 30 heavy (non-hydrogen) atoms. The van der Waals surface area contributed by atoms with E-state index in [-0.39, 0.29) is 24.5 Å². The van der Waals surface area contributed by atoms with Crippen LogP contribution in [0.5, 0.6) is 5.75 Å². The van der Waals surface area contributed by atoms with Crippen LogP contribution in [0.1, 0.15) is 44.2 Å². The van der Waals surface area contributed by atoms with E-state index < -0.39 is 0 Å². The second-order valence-corrected chi connectivity index (χ2v) is 9.42. The molecule has 1 amide bonds. The molecule has 0 radical (unpaired) electrons. The lowest BCUT2D eigenvalue weighted by Crippen LogP contribution is -2.41. The van der Waals surface area contributed by atoms with Gasteiger partial charge in [-0.3, -0.25) is 9.69 Å². The summed E-state index contributed by atoms with van der Waals surface area (Å²) < 4.78 is 5.98. The van der Waals surface area contributed by atoms with Crippen molar-refractivity contribution in [2.45, 2.75) is 46.1 Å². The molecule has 0 saturated carbocycles. The smallest absolute Gasteiger partial charge is 0.266 e. The third kappa shape index (κ3) is 5.32. The van der Waals surface area contributed by atoms with Gasteiger partial charge in [-0.1, -0.05) is 55.7 Å². The Labute approximate surface area is 192 Å². The van der Waals surface area contributed by atoms with Gasteiger partial charge >= 0.3 is 0 Å². The maximum atomic E-state index is 13.1. The van der Waals surface area contributed by atoms with Crippen molar-refractivity contribution in [3.8, 4) is 5.75 Å². The molecule has 2 aromatic carbocycles. The molecule has 0 spiro atoms. The molecule has 0 bridgehead atoms. The first-order valence-corrected chi connectivity index (χ1v) is 11.8. The summed E-state index contributed by atoms with van der Waals surface area (Å²) in [7, 11) is 0. The Bertz CT molecular complexity index is 945. The van der Waals surface area contributed by atoms with Crippen LogP contribution >= 0.6 is 35.0 Å². The standard InChI is InChI=1S/C23H26Cl2N2O2S/c1-5-18-13-30-23(26-17-8-6-16(24)7-9-17)27(18)22(28)12-29-21-10-15(4)20(25)11-19(21)14(2)3/h6-11,14,18H,5,12-13H2,1-4H3/t18-/m0/s1. The number of thioether (sulfide) groups is 1. The van der Waals surface area contributed by atoms with E-state index in [1.165, 1.54) is 0 Å². The number of aryl methyl sites for hydroxylation is 1. The number of amidine groups is 1. The molecule has 0 N–H and O–H groups in total. The summed E-state index contributed by atoms with van der Waals surface area (Å²) in [6, 6.07) is 11.2. The zero-order chi connectivity index (χ0) is 21.8. The van der Waals surface area contributed by atoms with E-state index in [0.717, 1.165) is 29.0 Å². The molecule has 0 unspecified atom stereocenters. The molecular formula is C23H26Cl2N2O2S. The Morgan fingerprint density at radius 2 is 1.97 bits per heavy atom. The number of halogens is 2. The Kier molecular flexibility index (Phi) is 7.72. The van der Waals surface area contributed by atoms with Crippen LogP contribution in [0.3, 0.4) is 0 Å². The van der Waals surface area contributed by atoms with Gasteiger partial charge in [0.2, 0.25) is 0 Å². The summed E-state index contributed by atoms with van der Waals surface area (Å²) in [5.74, 6) is 1.67. The van der Waals surface area contributed by atoms with Crippen LogP contribution in [0.4, 0.5) is 5.69 Å². The molecule has 7 heteroatoms. The summed E-state index contributed by atoms with van der Waals surface area (Å²) in [4.78, 5) is 19.6. The number of carbonyl (C=O) groups excluding carboxylic acids is 1. The van der Waals surface area contributed by atoms with Crippen LogP contribution in [0.25, 0.3) is 0 Å². The number of hydrogen-bond acceptors (Lipinski definition) is 4. The molecule has 2 aromatic rings. The molecule has 0 aromatic heterocycles. The fourth-order valence-electron chi connectivity index (χ4n) is 3.25. The van der Waals surface area contributed by atoms with Crippen molar-refractivity contribution in [3.05, 3.63) is 57.6 Å². The summed E-state index contributed by atoms with van der Waals surface area (Å²) in [5, 5.41) is 2.07. The molecule has 1 saturated heterocycles. The molecular weight excluding hydrogens is 439 g/mol. The number of carbonyl (C=O) groups is 1. The van der Waals surface area contributed by atoms with Gasteiger partial charge < -0.3 is 4.74 Å². The molecule has 0 aliphatic carbocycles. The minimum absolute atomic E-state index is 0.0442. The van der Waals surface area contributed by atoms with Crippen molar-refractivity contribution in [2.75, 3.05) is 12.4 Å². The molecule has 1 heterocycles. The van der Waals surface area contributed by atoms with Crippen LogP contribution < -0.4 is 4.74 Å². The minimum Gasteiger partial charge on any atom is -0.483 e. The Hall–Kier alpha value is -1.69. The van der Waals surface area contributed by atoms with Crippen molar-refractivity contribution >= 4 is 51.7 Å². The lowest BCUT2D eigenvalue weighted by Gasteiger charge is -2.24. The number of amides is 1. The van der Waals surface area contributed by atoms with Gasteiger partial charge in [0.15, 0.2) is 11.8 Å².